The van der Waals surface area contributed by atoms with Crippen molar-refractivity contribution in [2.45, 2.75) is 25.9 Å². The van der Waals surface area contributed by atoms with E-state index in [1.165, 1.54) is 18.2 Å². The van der Waals surface area contributed by atoms with E-state index in [-0.39, 0.29) is 12.4 Å². The van der Waals surface area contributed by atoms with Crippen LogP contribution in [0.15, 0.2) is 22.7 Å². The molecule has 1 N–H and O–H groups in total. The van der Waals surface area contributed by atoms with E-state index in [1.54, 1.807) is 6.92 Å². The molecule has 1 unspecified atom stereocenters. The Hall–Kier alpha value is -0.610. The molecule has 0 aliphatic carbocycles. The van der Waals surface area contributed by atoms with Crippen LogP contribution in [0.4, 0.5) is 4.39 Å². The van der Waals surface area contributed by atoms with E-state index >= 15 is 0 Å². The molecule has 1 atom stereocenters. The largest absolute Gasteiger partial charge is 0.489 e. The predicted molar refractivity (Wildman–Crippen MR) is 60.5 cm³/mol. The monoisotopic (exact) mass is 276 g/mol. The molecule has 0 bridgehead atoms. The molecule has 2 nitrogen and oxygen atoms in total. The van der Waals surface area contributed by atoms with Gasteiger partial charge in [0.2, 0.25) is 0 Å². The summed E-state index contributed by atoms with van der Waals surface area (Å²) < 4.78 is 18.7. The molecule has 0 radical (unpaired) electrons. The summed E-state index contributed by atoms with van der Waals surface area (Å²) in [6.45, 7) is 3.77. The molecular weight excluding hydrogens is 263 g/mol. The van der Waals surface area contributed by atoms with E-state index < -0.39 is 5.60 Å². The predicted octanol–water partition coefficient (Wildman–Crippen LogP) is 3.13. The van der Waals surface area contributed by atoms with E-state index in [4.69, 9.17) is 4.74 Å². The Morgan fingerprint density at radius 1 is 1.53 bits per heavy atom. The topological polar surface area (TPSA) is 29.5 Å². The number of aliphatic hydroxyl groups is 1. The second-order valence-corrected chi connectivity index (χ2v) is 4.57. The van der Waals surface area contributed by atoms with Crippen LogP contribution in [0.5, 0.6) is 5.75 Å². The van der Waals surface area contributed by atoms with Crippen LogP contribution >= 0.6 is 15.9 Å². The summed E-state index contributed by atoms with van der Waals surface area (Å²) in [6.07, 6.45) is 0.603. The maximum Gasteiger partial charge on any atom is 0.133 e. The summed E-state index contributed by atoms with van der Waals surface area (Å²) in [6, 6.07) is 4.18. The standard InChI is InChI=1S/C11H14BrFO2/c1-3-11(2,14)7-15-10-5-4-8(13)6-9(10)12/h4-6,14H,3,7H2,1-2H3. The van der Waals surface area contributed by atoms with E-state index in [0.29, 0.717) is 16.6 Å². The zero-order chi connectivity index (χ0) is 11.5. The van der Waals surface area contributed by atoms with Crippen LogP contribution in [0.2, 0.25) is 0 Å². The molecule has 15 heavy (non-hydrogen) atoms. The Morgan fingerprint density at radius 3 is 2.73 bits per heavy atom. The quantitative estimate of drug-likeness (QED) is 0.916. The average molecular weight is 277 g/mol. The van der Waals surface area contributed by atoms with Gasteiger partial charge < -0.3 is 9.84 Å². The van der Waals surface area contributed by atoms with Gasteiger partial charge in [0.1, 0.15) is 18.2 Å². The van der Waals surface area contributed by atoms with Gasteiger partial charge in [-0.05, 0) is 47.5 Å². The number of rotatable bonds is 4. The molecule has 0 spiro atoms. The molecule has 1 aromatic rings. The normalized spacial score (nSPS) is 14.7. The third-order valence-electron chi connectivity index (χ3n) is 2.19. The van der Waals surface area contributed by atoms with Gasteiger partial charge in [0.05, 0.1) is 10.1 Å². The minimum Gasteiger partial charge on any atom is -0.489 e. The Balaban J connectivity index is 2.66. The van der Waals surface area contributed by atoms with Crippen LogP contribution in [-0.2, 0) is 0 Å². The lowest BCUT2D eigenvalue weighted by atomic mass is 10.1. The SMILES string of the molecule is CCC(C)(O)COc1ccc(F)cc1Br. The van der Waals surface area contributed by atoms with Gasteiger partial charge in [-0.15, -0.1) is 0 Å². The smallest absolute Gasteiger partial charge is 0.133 e. The minimum absolute atomic E-state index is 0.188. The number of hydrogen-bond acceptors (Lipinski definition) is 2. The highest BCUT2D eigenvalue weighted by Crippen LogP contribution is 2.26. The summed E-state index contributed by atoms with van der Waals surface area (Å²) in [7, 11) is 0. The lowest BCUT2D eigenvalue weighted by Gasteiger charge is -2.21. The van der Waals surface area contributed by atoms with Gasteiger partial charge in [0.25, 0.3) is 0 Å². The van der Waals surface area contributed by atoms with Crippen LogP contribution < -0.4 is 4.74 Å². The Kier molecular flexibility index (Phi) is 4.11. The van der Waals surface area contributed by atoms with Gasteiger partial charge in [-0.1, -0.05) is 6.92 Å². The van der Waals surface area contributed by atoms with Crippen molar-refractivity contribution in [2.24, 2.45) is 0 Å². The molecule has 1 aromatic carbocycles. The second-order valence-electron chi connectivity index (χ2n) is 3.71. The molecule has 0 aliphatic rings. The molecule has 0 aliphatic heterocycles. The van der Waals surface area contributed by atoms with Gasteiger partial charge in [-0.25, -0.2) is 4.39 Å². The van der Waals surface area contributed by atoms with Crippen LogP contribution in [0.3, 0.4) is 0 Å². The van der Waals surface area contributed by atoms with Crippen molar-refractivity contribution < 1.29 is 14.2 Å². The van der Waals surface area contributed by atoms with Gasteiger partial charge in [0, 0.05) is 0 Å². The number of hydrogen-bond donors (Lipinski definition) is 1. The van der Waals surface area contributed by atoms with Crippen molar-refractivity contribution in [2.75, 3.05) is 6.61 Å². The lowest BCUT2D eigenvalue weighted by molar-refractivity contribution is 0.00822. The molecule has 0 aromatic heterocycles. The summed E-state index contributed by atoms with van der Waals surface area (Å²) >= 11 is 3.19. The molecule has 84 valence electrons. The molecule has 1 rings (SSSR count). The first-order chi connectivity index (χ1) is 6.94. The van der Waals surface area contributed by atoms with Crippen molar-refractivity contribution in [3.05, 3.63) is 28.5 Å². The van der Waals surface area contributed by atoms with Crippen molar-refractivity contribution >= 4 is 15.9 Å². The second kappa shape index (κ2) is 4.94. The van der Waals surface area contributed by atoms with Crippen LogP contribution in [0.1, 0.15) is 20.3 Å². The third-order valence-corrected chi connectivity index (χ3v) is 2.81. The van der Waals surface area contributed by atoms with Crippen molar-refractivity contribution in [1.29, 1.82) is 0 Å². The van der Waals surface area contributed by atoms with E-state index in [0.717, 1.165) is 0 Å². The fourth-order valence-electron chi connectivity index (χ4n) is 0.928. The average Bonchev–Trinajstić information content (AvgIpc) is 2.16. The fourth-order valence-corrected chi connectivity index (χ4v) is 1.39. The highest BCUT2D eigenvalue weighted by atomic mass is 79.9. The maximum atomic E-state index is 12.8. The number of ether oxygens (including phenoxy) is 1. The van der Waals surface area contributed by atoms with E-state index in [9.17, 15) is 9.50 Å². The summed E-state index contributed by atoms with van der Waals surface area (Å²) in [5.41, 5.74) is -0.853. The van der Waals surface area contributed by atoms with Crippen molar-refractivity contribution in [3.8, 4) is 5.75 Å². The van der Waals surface area contributed by atoms with Crippen LogP contribution in [0, 0.1) is 5.82 Å². The first kappa shape index (κ1) is 12.5. The first-order valence-corrected chi connectivity index (χ1v) is 5.54. The van der Waals surface area contributed by atoms with E-state index in [1.807, 2.05) is 6.92 Å². The zero-order valence-electron chi connectivity index (χ0n) is 8.76. The van der Waals surface area contributed by atoms with Gasteiger partial charge >= 0.3 is 0 Å². The Bertz CT molecular complexity index is 339. The van der Waals surface area contributed by atoms with E-state index in [2.05, 4.69) is 15.9 Å². The number of halogens is 2. The number of benzene rings is 1. The fraction of sp³-hybridized carbons (Fsp3) is 0.455. The van der Waals surface area contributed by atoms with Crippen molar-refractivity contribution in [3.63, 3.8) is 0 Å². The van der Waals surface area contributed by atoms with Gasteiger partial charge in [-0.3, -0.25) is 0 Å². The summed E-state index contributed by atoms with van der Waals surface area (Å²) in [5, 5.41) is 9.72. The van der Waals surface area contributed by atoms with Crippen LogP contribution in [-0.4, -0.2) is 17.3 Å². The molecule has 4 heteroatoms. The molecule has 0 saturated heterocycles. The summed E-state index contributed by atoms with van der Waals surface area (Å²) in [5.74, 6) is 0.210. The lowest BCUT2D eigenvalue weighted by Crippen LogP contribution is -2.31. The van der Waals surface area contributed by atoms with Crippen LogP contribution in [0.25, 0.3) is 0 Å². The summed E-state index contributed by atoms with van der Waals surface area (Å²) in [4.78, 5) is 0. The van der Waals surface area contributed by atoms with Gasteiger partial charge in [-0.2, -0.15) is 0 Å². The molecule has 0 fully saturated rings. The first-order valence-electron chi connectivity index (χ1n) is 4.75. The molecular formula is C11H14BrFO2. The molecule has 0 saturated carbocycles. The minimum atomic E-state index is -0.853. The zero-order valence-corrected chi connectivity index (χ0v) is 10.3. The Labute approximate surface area is 97.2 Å². The molecule has 0 amide bonds. The Morgan fingerprint density at radius 2 is 2.20 bits per heavy atom. The van der Waals surface area contributed by atoms with Gasteiger partial charge in [0.15, 0.2) is 0 Å². The highest BCUT2D eigenvalue weighted by Gasteiger charge is 2.18. The van der Waals surface area contributed by atoms with Crippen molar-refractivity contribution in [1.82, 2.24) is 0 Å². The highest BCUT2D eigenvalue weighted by molar-refractivity contribution is 9.10. The molecule has 0 heterocycles. The third kappa shape index (κ3) is 3.80. The maximum absolute atomic E-state index is 12.8.